The van der Waals surface area contributed by atoms with Crippen LogP contribution in [0.1, 0.15) is 51.6 Å². The lowest BCUT2D eigenvalue weighted by molar-refractivity contribution is 0.0600. The first-order chi connectivity index (χ1) is 18.4. The van der Waals surface area contributed by atoms with Gasteiger partial charge in [-0.15, -0.1) is 0 Å². The summed E-state index contributed by atoms with van der Waals surface area (Å²) < 4.78 is 16.5. The predicted octanol–water partition coefficient (Wildman–Crippen LogP) is 8.60. The summed E-state index contributed by atoms with van der Waals surface area (Å²) in [5.41, 5.74) is 3.45. The average molecular weight is 587 g/mol. The molecule has 0 saturated heterocycles. The van der Waals surface area contributed by atoms with Crippen LogP contribution >= 0.6 is 46.4 Å². The van der Waals surface area contributed by atoms with Crippen LogP contribution in [0.5, 0.6) is 5.75 Å². The van der Waals surface area contributed by atoms with Gasteiger partial charge in [0, 0.05) is 22.6 Å². The molecule has 0 unspecified atom stereocenters. The summed E-state index contributed by atoms with van der Waals surface area (Å²) in [7, 11) is 1.33. The van der Waals surface area contributed by atoms with E-state index in [9.17, 15) is 4.79 Å². The number of ether oxygens (including phenoxy) is 2. The first kappa shape index (κ1) is 26.5. The molecule has 0 bridgehead atoms. The van der Waals surface area contributed by atoms with E-state index < -0.39 is 5.97 Å². The van der Waals surface area contributed by atoms with Gasteiger partial charge in [0.1, 0.15) is 28.8 Å². The molecular formula is C29H19Cl4NO4. The molecule has 4 aromatic rings. The van der Waals surface area contributed by atoms with Crippen molar-refractivity contribution in [2.75, 3.05) is 7.11 Å². The Morgan fingerprint density at radius 1 is 1.00 bits per heavy atom. The van der Waals surface area contributed by atoms with Crippen LogP contribution in [0.25, 0.3) is 11.3 Å². The van der Waals surface area contributed by atoms with Crippen molar-refractivity contribution in [3.8, 4) is 28.8 Å². The summed E-state index contributed by atoms with van der Waals surface area (Å²) in [6.45, 7) is 0.133. The minimum Gasteiger partial charge on any atom is -0.487 e. The fourth-order valence-electron chi connectivity index (χ4n) is 3.92. The van der Waals surface area contributed by atoms with Gasteiger partial charge in [-0.25, -0.2) is 4.79 Å². The minimum absolute atomic E-state index is 0.133. The van der Waals surface area contributed by atoms with E-state index in [1.807, 2.05) is 0 Å². The molecule has 0 N–H and O–H groups in total. The zero-order valence-electron chi connectivity index (χ0n) is 20.0. The van der Waals surface area contributed by atoms with Crippen molar-refractivity contribution in [3.63, 3.8) is 0 Å². The highest BCUT2D eigenvalue weighted by Gasteiger charge is 2.33. The van der Waals surface area contributed by atoms with Crippen LogP contribution in [-0.4, -0.2) is 18.2 Å². The molecule has 1 aliphatic carbocycles. The van der Waals surface area contributed by atoms with Gasteiger partial charge in [0.05, 0.1) is 33.3 Å². The Morgan fingerprint density at radius 3 is 2.45 bits per heavy atom. The summed E-state index contributed by atoms with van der Waals surface area (Å²) in [5, 5.41) is 5.70. The van der Waals surface area contributed by atoms with E-state index in [4.69, 9.17) is 60.4 Å². The fraction of sp³-hybridized carbons (Fsp3) is 0.172. The van der Waals surface area contributed by atoms with Crippen LogP contribution < -0.4 is 4.74 Å². The number of carbonyl (C=O) groups is 1. The van der Waals surface area contributed by atoms with Crippen LogP contribution in [0.2, 0.25) is 20.1 Å². The Labute approximate surface area is 239 Å². The van der Waals surface area contributed by atoms with Gasteiger partial charge in [-0.3, -0.25) is 0 Å². The first-order valence-corrected chi connectivity index (χ1v) is 13.1. The summed E-state index contributed by atoms with van der Waals surface area (Å²) in [6.07, 6.45) is 2.03. The van der Waals surface area contributed by atoms with Crippen LogP contribution in [0, 0.1) is 11.8 Å². The predicted molar refractivity (Wildman–Crippen MR) is 148 cm³/mol. The molecule has 0 spiro atoms. The minimum atomic E-state index is -0.436. The van der Waals surface area contributed by atoms with Crippen molar-refractivity contribution in [2.24, 2.45) is 0 Å². The highest BCUT2D eigenvalue weighted by molar-refractivity contribution is 6.43. The zero-order valence-corrected chi connectivity index (χ0v) is 23.0. The molecule has 1 fully saturated rings. The third kappa shape index (κ3) is 5.50. The molecule has 5 rings (SSSR count). The maximum Gasteiger partial charge on any atom is 0.337 e. The summed E-state index contributed by atoms with van der Waals surface area (Å²) >= 11 is 26.0. The van der Waals surface area contributed by atoms with Gasteiger partial charge in [0.15, 0.2) is 0 Å². The standard InChI is InChI=1S/C29H19Cl4NO4/c1-36-29(35)19-5-2-4-16(14-19)8-9-17-12-13-23(26(33)25(17)32)37-15-20-27(34-38-28(20)18-10-11-18)24-21(30)6-3-7-22(24)31/h2-7,12-14,18H,10-11,15H2,1H3. The highest BCUT2D eigenvalue weighted by Crippen LogP contribution is 2.46. The van der Waals surface area contributed by atoms with E-state index in [2.05, 4.69) is 17.0 Å². The Kier molecular flexibility index (Phi) is 7.88. The Hall–Kier alpha value is -3.14. The zero-order chi connectivity index (χ0) is 26.8. The van der Waals surface area contributed by atoms with Gasteiger partial charge in [-0.2, -0.15) is 0 Å². The van der Waals surface area contributed by atoms with Gasteiger partial charge >= 0.3 is 5.97 Å². The van der Waals surface area contributed by atoms with Crippen molar-refractivity contribution >= 4 is 52.4 Å². The van der Waals surface area contributed by atoms with E-state index in [1.165, 1.54) is 7.11 Å². The quantitative estimate of drug-likeness (QED) is 0.167. The molecule has 0 aliphatic heterocycles. The van der Waals surface area contributed by atoms with E-state index in [0.29, 0.717) is 43.7 Å². The van der Waals surface area contributed by atoms with Gasteiger partial charge in [-0.1, -0.05) is 75.5 Å². The molecule has 0 amide bonds. The Balaban J connectivity index is 1.40. The number of hydrogen-bond donors (Lipinski definition) is 0. The molecule has 1 heterocycles. The van der Waals surface area contributed by atoms with Crippen LogP contribution in [0.4, 0.5) is 0 Å². The molecule has 5 nitrogen and oxygen atoms in total. The molecule has 0 atom stereocenters. The van der Waals surface area contributed by atoms with Gasteiger partial charge in [0.25, 0.3) is 0 Å². The normalized spacial score (nSPS) is 12.6. The molecular weight excluding hydrogens is 568 g/mol. The van der Waals surface area contributed by atoms with Crippen LogP contribution in [-0.2, 0) is 11.3 Å². The third-order valence-corrected chi connectivity index (χ3v) is 7.50. The molecule has 3 aromatic carbocycles. The smallest absolute Gasteiger partial charge is 0.337 e. The van der Waals surface area contributed by atoms with Crippen LogP contribution in [0.3, 0.4) is 0 Å². The number of rotatable bonds is 6. The number of benzene rings is 3. The number of esters is 1. The average Bonchev–Trinajstić information content (AvgIpc) is 3.68. The highest BCUT2D eigenvalue weighted by atomic mass is 35.5. The second-order valence-electron chi connectivity index (χ2n) is 8.60. The van der Waals surface area contributed by atoms with Crippen LogP contribution in [0.15, 0.2) is 59.1 Å². The molecule has 38 heavy (non-hydrogen) atoms. The van der Waals surface area contributed by atoms with Gasteiger partial charge < -0.3 is 14.0 Å². The second-order valence-corrected chi connectivity index (χ2v) is 10.2. The summed E-state index contributed by atoms with van der Waals surface area (Å²) in [6, 6.07) is 15.5. The Morgan fingerprint density at radius 2 is 1.74 bits per heavy atom. The lowest BCUT2D eigenvalue weighted by Gasteiger charge is -2.12. The number of nitrogens with zero attached hydrogens (tertiary/aromatic N) is 1. The second kappa shape index (κ2) is 11.3. The lowest BCUT2D eigenvalue weighted by atomic mass is 10.0. The molecule has 9 heteroatoms. The number of hydrogen-bond acceptors (Lipinski definition) is 5. The fourth-order valence-corrected chi connectivity index (χ4v) is 4.92. The third-order valence-electron chi connectivity index (χ3n) is 6.01. The number of halogens is 4. The first-order valence-electron chi connectivity index (χ1n) is 11.6. The molecule has 192 valence electrons. The van der Waals surface area contributed by atoms with E-state index >= 15 is 0 Å². The monoisotopic (exact) mass is 585 g/mol. The largest absolute Gasteiger partial charge is 0.487 e. The molecule has 0 radical (unpaired) electrons. The summed E-state index contributed by atoms with van der Waals surface area (Å²) in [4.78, 5) is 11.8. The van der Waals surface area contributed by atoms with Gasteiger partial charge in [0.2, 0.25) is 0 Å². The van der Waals surface area contributed by atoms with Crippen molar-refractivity contribution in [3.05, 3.63) is 103 Å². The molecule has 1 aliphatic rings. The summed E-state index contributed by atoms with van der Waals surface area (Å²) in [5.74, 6) is 6.99. The van der Waals surface area contributed by atoms with Gasteiger partial charge in [-0.05, 0) is 55.3 Å². The molecule has 1 saturated carbocycles. The van der Waals surface area contributed by atoms with E-state index in [0.717, 1.165) is 24.2 Å². The van der Waals surface area contributed by atoms with Crippen molar-refractivity contribution < 1.29 is 18.8 Å². The lowest BCUT2D eigenvalue weighted by Crippen LogP contribution is -2.01. The number of carbonyl (C=O) groups excluding carboxylic acids is 1. The van der Waals surface area contributed by atoms with E-state index in [1.54, 1.807) is 54.6 Å². The maximum absolute atomic E-state index is 11.8. The maximum atomic E-state index is 11.8. The topological polar surface area (TPSA) is 61.6 Å². The number of methoxy groups -OCH3 is 1. The molecule has 1 aromatic heterocycles. The number of aromatic nitrogens is 1. The van der Waals surface area contributed by atoms with Crippen molar-refractivity contribution in [1.82, 2.24) is 5.16 Å². The van der Waals surface area contributed by atoms with Crippen molar-refractivity contribution in [2.45, 2.75) is 25.4 Å². The van der Waals surface area contributed by atoms with E-state index in [-0.39, 0.29) is 22.6 Å². The van der Waals surface area contributed by atoms with Crippen molar-refractivity contribution in [1.29, 1.82) is 0 Å². The SMILES string of the molecule is COC(=O)c1cccc(C#Cc2ccc(OCc3c(-c4c(Cl)cccc4Cl)noc3C3CC3)c(Cl)c2Cl)c1. The Bertz CT molecular complexity index is 1580.